The summed E-state index contributed by atoms with van der Waals surface area (Å²) in [5.41, 5.74) is 1.16. The molecule has 2 unspecified atom stereocenters. The number of pyridine rings is 1. The van der Waals surface area contributed by atoms with Gasteiger partial charge in [-0.05, 0) is 105 Å². The molecule has 3 aliphatic heterocycles. The molecule has 13 nitrogen and oxygen atoms in total. The van der Waals surface area contributed by atoms with Crippen LogP contribution in [0.1, 0.15) is 98.4 Å². The first-order chi connectivity index (χ1) is 29.5. The molecule has 2 N–H and O–H groups in total. The first-order valence-electron chi connectivity index (χ1n) is 21.5. The number of hydrogen-bond acceptors (Lipinski definition) is 10. The van der Waals surface area contributed by atoms with Gasteiger partial charge in [0, 0.05) is 42.1 Å². The smallest absolute Gasteiger partial charge is 0.323 e. The maximum absolute atomic E-state index is 14.6. The Kier molecular flexibility index (Phi) is 12.6. The van der Waals surface area contributed by atoms with Crippen molar-refractivity contribution in [2.45, 2.75) is 107 Å². The van der Waals surface area contributed by atoms with E-state index in [1.54, 1.807) is 49.6 Å². The lowest BCUT2D eigenvalue weighted by Gasteiger charge is -2.37. The van der Waals surface area contributed by atoms with Crippen LogP contribution in [0.2, 0.25) is 0 Å². The molecule has 3 saturated heterocycles. The molecule has 4 aromatic rings. The fraction of sp³-hybridized carbons (Fsp3) is 0.478. The minimum atomic E-state index is -3.68. The number of likely N-dealkylation sites (tertiary alicyclic amines) is 1. The van der Waals surface area contributed by atoms with E-state index < -0.39 is 37.0 Å². The molecule has 61 heavy (non-hydrogen) atoms. The number of carbonyl (C=O) groups is 4. The first-order valence-corrected chi connectivity index (χ1v) is 24.2. The second kappa shape index (κ2) is 18.1. The Bertz CT molecular complexity index is 2350. The summed E-state index contributed by atoms with van der Waals surface area (Å²) in [6.45, 7) is 4.35. The summed E-state index contributed by atoms with van der Waals surface area (Å²) in [6.07, 6.45) is 10.3. The van der Waals surface area contributed by atoms with E-state index >= 15 is 0 Å². The number of benzene rings is 2. The molecule has 0 radical (unpaired) electrons. The average molecular weight is 865 g/mol. The van der Waals surface area contributed by atoms with Gasteiger partial charge < -0.3 is 24.4 Å². The number of rotatable bonds is 14. The van der Waals surface area contributed by atoms with Crippen molar-refractivity contribution >= 4 is 52.6 Å². The van der Waals surface area contributed by atoms with Crippen molar-refractivity contribution in [3.8, 4) is 11.8 Å². The standard InChI is InChI=1S/C46H53N6O7PS/c1-3-22-58-45(56)30(2)50-60(57,59-36-13-5-4-6-14-36)29-31-15-18-40-34(23-31)24-41(61-40)42(53)49-27-33-10-7-8-12-35-16-17-39(52(35)43(33)54)44(55)51-28-37(32-11-9-21-48-26-32)38(25-47)46(51)19-20-46/h4-6,9,11,13-15,18,21,23-24,26,30,33,35,37-39H,3,7-8,10,12,16-17,19-20,22,27-29H2,1-2H3,(H,49,53)(H,50,57)/t30-,33?,35-,37+,38+,39-,60?/m0/s1. The Morgan fingerprint density at radius 2 is 1.85 bits per heavy atom. The van der Waals surface area contributed by atoms with E-state index in [-0.39, 0.29) is 54.9 Å². The van der Waals surface area contributed by atoms with E-state index in [1.807, 2.05) is 53.1 Å². The second-order valence-corrected chi connectivity index (χ2v) is 20.2. The third-order valence-corrected chi connectivity index (χ3v) is 16.0. The van der Waals surface area contributed by atoms with Crippen LogP contribution in [0, 0.1) is 23.2 Å². The molecule has 2 aromatic carbocycles. The highest BCUT2D eigenvalue weighted by Gasteiger charge is 2.64. The Hall–Kier alpha value is -5.09. The molecule has 320 valence electrons. The minimum absolute atomic E-state index is 0.0197. The van der Waals surface area contributed by atoms with E-state index in [9.17, 15) is 29.0 Å². The number of nitrogens with zero attached hydrogens (tertiary/aromatic N) is 4. The van der Waals surface area contributed by atoms with Gasteiger partial charge in [0.05, 0.1) is 41.1 Å². The summed E-state index contributed by atoms with van der Waals surface area (Å²) in [7, 11) is -3.68. The number of esters is 1. The summed E-state index contributed by atoms with van der Waals surface area (Å²) in [6, 6.07) is 21.1. The average Bonchev–Trinajstić information content (AvgIpc) is 3.59. The molecular formula is C46H53N6O7PS. The molecule has 4 fully saturated rings. The van der Waals surface area contributed by atoms with Gasteiger partial charge in [0.2, 0.25) is 11.8 Å². The van der Waals surface area contributed by atoms with Gasteiger partial charge in [-0.15, -0.1) is 11.3 Å². The highest BCUT2D eigenvalue weighted by molar-refractivity contribution is 7.56. The van der Waals surface area contributed by atoms with Gasteiger partial charge in [0.15, 0.2) is 0 Å². The van der Waals surface area contributed by atoms with E-state index in [4.69, 9.17) is 9.26 Å². The predicted octanol–water partition coefficient (Wildman–Crippen LogP) is 7.58. The molecular weight excluding hydrogens is 812 g/mol. The zero-order valence-electron chi connectivity index (χ0n) is 34.7. The first kappa shape index (κ1) is 42.6. The minimum Gasteiger partial charge on any atom is -0.465 e. The van der Waals surface area contributed by atoms with Crippen LogP contribution in [0.4, 0.5) is 0 Å². The number of fused-ring (bicyclic) bond motifs is 2. The van der Waals surface area contributed by atoms with Crippen LogP contribution in [0.3, 0.4) is 0 Å². The number of hydrogen-bond donors (Lipinski definition) is 2. The van der Waals surface area contributed by atoms with Gasteiger partial charge in [-0.1, -0.05) is 50.1 Å². The molecule has 3 amide bonds. The number of nitrogens with one attached hydrogen (secondary N) is 2. The molecule has 5 heterocycles. The normalized spacial score (nSPS) is 24.5. The lowest BCUT2D eigenvalue weighted by molar-refractivity contribution is -0.149. The number of ether oxygens (including phenoxy) is 1. The summed E-state index contributed by atoms with van der Waals surface area (Å²) in [4.78, 5) is 63.9. The van der Waals surface area contributed by atoms with E-state index in [1.165, 1.54) is 11.3 Å². The third kappa shape index (κ3) is 8.97. The van der Waals surface area contributed by atoms with Gasteiger partial charge in [-0.2, -0.15) is 5.26 Å². The van der Waals surface area contributed by atoms with Crippen molar-refractivity contribution in [2.75, 3.05) is 19.7 Å². The van der Waals surface area contributed by atoms with Gasteiger partial charge in [-0.25, -0.2) is 5.09 Å². The monoisotopic (exact) mass is 864 g/mol. The molecule has 0 bridgehead atoms. The molecule has 2 aromatic heterocycles. The lowest BCUT2D eigenvalue weighted by atomic mass is 9.85. The van der Waals surface area contributed by atoms with Crippen LogP contribution in [0.5, 0.6) is 5.75 Å². The fourth-order valence-corrected chi connectivity index (χ4v) is 12.6. The number of nitriles is 1. The van der Waals surface area contributed by atoms with Crippen molar-refractivity contribution in [1.82, 2.24) is 25.2 Å². The maximum atomic E-state index is 14.6. The van der Waals surface area contributed by atoms with Gasteiger partial charge in [0.25, 0.3) is 5.91 Å². The van der Waals surface area contributed by atoms with Gasteiger partial charge in [0.1, 0.15) is 17.8 Å². The Morgan fingerprint density at radius 3 is 2.59 bits per heavy atom. The van der Waals surface area contributed by atoms with E-state index in [0.717, 1.165) is 54.2 Å². The van der Waals surface area contributed by atoms with Crippen molar-refractivity contribution in [2.24, 2.45) is 11.8 Å². The summed E-state index contributed by atoms with van der Waals surface area (Å²) in [5.74, 6) is -1.49. The van der Waals surface area contributed by atoms with Crippen molar-refractivity contribution in [3.05, 3.63) is 95.1 Å². The molecule has 8 rings (SSSR count). The van der Waals surface area contributed by atoms with E-state index in [2.05, 4.69) is 21.5 Å². The Balaban J connectivity index is 0.942. The third-order valence-electron chi connectivity index (χ3n) is 12.8. The molecule has 4 aliphatic rings. The number of thiophene rings is 1. The van der Waals surface area contributed by atoms with Crippen molar-refractivity contribution < 1.29 is 33.0 Å². The zero-order chi connectivity index (χ0) is 42.7. The van der Waals surface area contributed by atoms with Crippen LogP contribution in [0.15, 0.2) is 79.1 Å². The molecule has 1 aliphatic carbocycles. The van der Waals surface area contributed by atoms with Gasteiger partial charge in [-0.3, -0.25) is 28.7 Å². The fourth-order valence-electron chi connectivity index (χ4n) is 9.64. The number of carbonyl (C=O) groups excluding carboxylic acids is 4. The number of amides is 3. The lowest BCUT2D eigenvalue weighted by Crippen LogP contribution is -2.55. The Morgan fingerprint density at radius 1 is 1.05 bits per heavy atom. The van der Waals surface area contributed by atoms with E-state index in [0.29, 0.717) is 42.0 Å². The number of para-hydroxylation sites is 1. The predicted molar refractivity (Wildman–Crippen MR) is 232 cm³/mol. The number of aromatic nitrogens is 1. The molecule has 1 spiro atoms. The van der Waals surface area contributed by atoms with Crippen LogP contribution >= 0.6 is 18.9 Å². The molecule has 7 atom stereocenters. The summed E-state index contributed by atoms with van der Waals surface area (Å²) in [5, 5.41) is 17.1. The van der Waals surface area contributed by atoms with Crippen LogP contribution < -0.4 is 14.9 Å². The topological polar surface area (TPSA) is 171 Å². The van der Waals surface area contributed by atoms with Crippen molar-refractivity contribution in [3.63, 3.8) is 0 Å². The largest absolute Gasteiger partial charge is 0.465 e. The summed E-state index contributed by atoms with van der Waals surface area (Å²) < 4.78 is 26.5. The quantitative estimate of drug-likeness (QED) is 0.0952. The van der Waals surface area contributed by atoms with Crippen LogP contribution in [-0.2, 0) is 29.8 Å². The molecule has 15 heteroatoms. The van der Waals surface area contributed by atoms with Crippen LogP contribution in [-0.4, -0.2) is 81.8 Å². The molecule has 1 saturated carbocycles. The van der Waals surface area contributed by atoms with Crippen LogP contribution in [0.25, 0.3) is 10.1 Å². The Labute approximate surface area is 360 Å². The van der Waals surface area contributed by atoms with Crippen molar-refractivity contribution in [1.29, 1.82) is 5.26 Å². The summed E-state index contributed by atoms with van der Waals surface area (Å²) >= 11 is 1.33. The second-order valence-electron chi connectivity index (χ2n) is 17.0. The SMILES string of the molecule is CCCOC(=O)[C@H](C)NP(=O)(Cc1ccc2sc(C(=O)NCC3CCCC[C@H]4CC[C@@H](C(=O)N5C[C@H](c6cccnc6)[C@@H](C#N)C56CC6)N4C3=O)cc2c1)Oc1ccccc1. The highest BCUT2D eigenvalue weighted by Crippen LogP contribution is 2.58. The highest BCUT2D eigenvalue weighted by atomic mass is 32.1. The van der Waals surface area contributed by atoms with Gasteiger partial charge >= 0.3 is 13.5 Å². The maximum Gasteiger partial charge on any atom is 0.323 e. The zero-order valence-corrected chi connectivity index (χ0v) is 36.4.